The summed E-state index contributed by atoms with van der Waals surface area (Å²) in [6, 6.07) is 2.05. The van der Waals surface area contributed by atoms with Crippen LogP contribution >= 0.6 is 0 Å². The number of rotatable bonds is 6. The third kappa shape index (κ3) is 3.80. The summed E-state index contributed by atoms with van der Waals surface area (Å²) in [5.41, 5.74) is 5.58. The van der Waals surface area contributed by atoms with E-state index in [1.165, 1.54) is 25.7 Å². The molecule has 5 nitrogen and oxygen atoms in total. The van der Waals surface area contributed by atoms with Crippen LogP contribution in [0.4, 0.5) is 11.6 Å². The molecule has 5 heteroatoms. The van der Waals surface area contributed by atoms with E-state index in [1.54, 1.807) is 6.33 Å². The molecule has 0 atom stereocenters. The van der Waals surface area contributed by atoms with E-state index in [0.717, 1.165) is 30.6 Å². The van der Waals surface area contributed by atoms with E-state index in [9.17, 15) is 0 Å². The molecule has 0 spiro atoms. The lowest BCUT2D eigenvalue weighted by Gasteiger charge is -2.23. The highest BCUT2D eigenvalue weighted by molar-refractivity contribution is 5.49. The molecule has 1 saturated carbocycles. The van der Waals surface area contributed by atoms with Crippen LogP contribution in [0, 0.1) is 5.92 Å². The van der Waals surface area contributed by atoms with Crippen molar-refractivity contribution in [3.63, 3.8) is 0 Å². The van der Waals surface area contributed by atoms with Crippen molar-refractivity contribution < 1.29 is 0 Å². The van der Waals surface area contributed by atoms with E-state index in [-0.39, 0.29) is 0 Å². The summed E-state index contributed by atoms with van der Waals surface area (Å²) in [5, 5.41) is 0. The van der Waals surface area contributed by atoms with Crippen molar-refractivity contribution in [1.29, 1.82) is 0 Å². The van der Waals surface area contributed by atoms with Crippen molar-refractivity contribution in [1.82, 2.24) is 9.97 Å². The highest BCUT2D eigenvalue weighted by atomic mass is 15.2. The van der Waals surface area contributed by atoms with Crippen molar-refractivity contribution in [3.8, 4) is 0 Å². The van der Waals surface area contributed by atoms with Gasteiger partial charge in [-0.25, -0.2) is 9.97 Å². The first-order valence-corrected chi connectivity index (χ1v) is 7.15. The lowest BCUT2D eigenvalue weighted by molar-refractivity contribution is 0.545. The Hall–Kier alpha value is -1.36. The molecule has 0 aliphatic heterocycles. The normalized spacial score (nSPS) is 15.7. The summed E-state index contributed by atoms with van der Waals surface area (Å²) in [4.78, 5) is 13.0. The molecule has 1 aromatic heterocycles. The van der Waals surface area contributed by atoms with Gasteiger partial charge in [0.15, 0.2) is 0 Å². The molecule has 1 aliphatic rings. The second kappa shape index (κ2) is 6.70. The summed E-state index contributed by atoms with van der Waals surface area (Å²) in [6.45, 7) is 2.54. The van der Waals surface area contributed by atoms with Crippen molar-refractivity contribution in [2.24, 2.45) is 11.7 Å². The van der Waals surface area contributed by atoms with Gasteiger partial charge >= 0.3 is 0 Å². The summed E-state index contributed by atoms with van der Waals surface area (Å²) >= 11 is 0. The van der Waals surface area contributed by atoms with Gasteiger partial charge in [0.1, 0.15) is 18.0 Å². The van der Waals surface area contributed by atoms with Crippen LogP contribution in [0.2, 0.25) is 0 Å². The average molecular weight is 263 g/mol. The molecule has 0 amide bonds. The van der Waals surface area contributed by atoms with Crippen LogP contribution in [-0.2, 0) is 0 Å². The molecule has 0 saturated heterocycles. The second-order valence-electron chi connectivity index (χ2n) is 5.48. The predicted octanol–water partition coefficient (Wildman–Crippen LogP) is 1.50. The maximum Gasteiger partial charge on any atom is 0.133 e. The predicted molar refractivity (Wildman–Crippen MR) is 79.6 cm³/mol. The monoisotopic (exact) mass is 263 g/mol. The summed E-state index contributed by atoms with van der Waals surface area (Å²) in [7, 11) is 4.13. The SMILES string of the molecule is CN(CCN)c1cc(N(C)CC2CCCC2)ncn1. The molecular formula is C14H25N5. The fourth-order valence-corrected chi connectivity index (χ4v) is 2.74. The molecule has 2 rings (SSSR count). The Kier molecular flexibility index (Phi) is 4.96. The fraction of sp³-hybridized carbons (Fsp3) is 0.714. The lowest BCUT2D eigenvalue weighted by atomic mass is 10.1. The average Bonchev–Trinajstić information content (AvgIpc) is 2.92. The van der Waals surface area contributed by atoms with Gasteiger partial charge in [0.05, 0.1) is 0 Å². The summed E-state index contributed by atoms with van der Waals surface area (Å²) in [5.74, 6) is 2.76. The van der Waals surface area contributed by atoms with Crippen LogP contribution in [0.5, 0.6) is 0 Å². The molecule has 106 valence electrons. The Labute approximate surface area is 115 Å². The molecular weight excluding hydrogens is 238 g/mol. The molecule has 0 bridgehead atoms. The van der Waals surface area contributed by atoms with Crippen molar-refractivity contribution in [2.75, 3.05) is 43.5 Å². The molecule has 1 heterocycles. The molecule has 2 N–H and O–H groups in total. The minimum Gasteiger partial charge on any atom is -0.359 e. The number of nitrogens with two attached hydrogens (primary N) is 1. The third-order valence-corrected chi connectivity index (χ3v) is 3.89. The molecule has 19 heavy (non-hydrogen) atoms. The Morgan fingerprint density at radius 2 is 1.79 bits per heavy atom. The van der Waals surface area contributed by atoms with Gasteiger partial charge in [-0.3, -0.25) is 0 Å². The van der Waals surface area contributed by atoms with Gasteiger partial charge in [-0.05, 0) is 18.8 Å². The fourth-order valence-electron chi connectivity index (χ4n) is 2.74. The number of likely N-dealkylation sites (N-methyl/N-ethyl adjacent to an activating group) is 1. The van der Waals surface area contributed by atoms with Crippen molar-refractivity contribution in [3.05, 3.63) is 12.4 Å². The first-order chi connectivity index (χ1) is 9.20. The first kappa shape index (κ1) is 14.1. The van der Waals surface area contributed by atoms with Gasteiger partial charge in [0.2, 0.25) is 0 Å². The van der Waals surface area contributed by atoms with Gasteiger partial charge in [-0.15, -0.1) is 0 Å². The largest absolute Gasteiger partial charge is 0.359 e. The van der Waals surface area contributed by atoms with Gasteiger partial charge in [0, 0.05) is 39.8 Å². The smallest absolute Gasteiger partial charge is 0.133 e. The van der Waals surface area contributed by atoms with E-state index < -0.39 is 0 Å². The van der Waals surface area contributed by atoms with Crippen LogP contribution in [0.15, 0.2) is 12.4 Å². The zero-order valence-electron chi connectivity index (χ0n) is 12.0. The van der Waals surface area contributed by atoms with Crippen LogP contribution < -0.4 is 15.5 Å². The van der Waals surface area contributed by atoms with Gasteiger partial charge < -0.3 is 15.5 Å². The topological polar surface area (TPSA) is 58.3 Å². The van der Waals surface area contributed by atoms with Gasteiger partial charge in [-0.2, -0.15) is 0 Å². The summed E-state index contributed by atoms with van der Waals surface area (Å²) < 4.78 is 0. The van der Waals surface area contributed by atoms with Gasteiger partial charge in [-0.1, -0.05) is 12.8 Å². The summed E-state index contributed by atoms with van der Waals surface area (Å²) in [6.07, 6.45) is 7.12. The molecule has 1 aliphatic carbocycles. The molecule has 1 aromatic rings. The van der Waals surface area contributed by atoms with Crippen LogP contribution in [0.25, 0.3) is 0 Å². The molecule has 0 radical (unpaired) electrons. The third-order valence-electron chi connectivity index (χ3n) is 3.89. The Balaban J connectivity index is 2.00. The first-order valence-electron chi connectivity index (χ1n) is 7.15. The maximum atomic E-state index is 5.58. The highest BCUT2D eigenvalue weighted by Gasteiger charge is 2.17. The zero-order valence-corrected chi connectivity index (χ0v) is 12.0. The molecule has 1 fully saturated rings. The quantitative estimate of drug-likeness (QED) is 0.843. The number of anilines is 2. The minimum absolute atomic E-state index is 0.633. The van der Waals surface area contributed by atoms with E-state index in [0.29, 0.717) is 6.54 Å². The minimum atomic E-state index is 0.633. The number of hydrogen-bond donors (Lipinski definition) is 1. The number of aromatic nitrogens is 2. The zero-order chi connectivity index (χ0) is 13.7. The molecule has 0 aromatic carbocycles. The van der Waals surface area contributed by atoms with Crippen molar-refractivity contribution in [2.45, 2.75) is 25.7 Å². The van der Waals surface area contributed by atoms with E-state index in [4.69, 9.17) is 5.73 Å². The number of nitrogens with zero attached hydrogens (tertiary/aromatic N) is 4. The van der Waals surface area contributed by atoms with Crippen molar-refractivity contribution >= 4 is 11.6 Å². The number of hydrogen-bond acceptors (Lipinski definition) is 5. The Morgan fingerprint density at radius 1 is 1.16 bits per heavy atom. The van der Waals surface area contributed by atoms with Crippen LogP contribution in [0.1, 0.15) is 25.7 Å². The van der Waals surface area contributed by atoms with E-state index in [2.05, 4.69) is 26.8 Å². The lowest BCUT2D eigenvalue weighted by Crippen LogP contribution is -2.28. The van der Waals surface area contributed by atoms with Crippen LogP contribution in [-0.4, -0.2) is 43.7 Å². The van der Waals surface area contributed by atoms with Crippen LogP contribution in [0.3, 0.4) is 0 Å². The Bertz CT molecular complexity index is 389. The van der Waals surface area contributed by atoms with E-state index >= 15 is 0 Å². The maximum absolute atomic E-state index is 5.58. The van der Waals surface area contributed by atoms with E-state index in [1.807, 2.05) is 13.1 Å². The second-order valence-corrected chi connectivity index (χ2v) is 5.48. The van der Waals surface area contributed by atoms with Gasteiger partial charge in [0.25, 0.3) is 0 Å². The highest BCUT2D eigenvalue weighted by Crippen LogP contribution is 2.26. The Morgan fingerprint density at radius 3 is 2.42 bits per heavy atom. The molecule has 0 unspecified atom stereocenters. The standard InChI is InChI=1S/C14H25N5/c1-18(8-7-15)13-9-14(17-11-16-13)19(2)10-12-5-3-4-6-12/h9,11-12H,3-8,10,15H2,1-2H3.